The third-order valence-corrected chi connectivity index (χ3v) is 6.49. The van der Waals surface area contributed by atoms with Crippen molar-refractivity contribution in [2.45, 2.75) is 11.8 Å². The van der Waals surface area contributed by atoms with Crippen molar-refractivity contribution in [2.24, 2.45) is 0 Å². The van der Waals surface area contributed by atoms with E-state index >= 15 is 0 Å². The summed E-state index contributed by atoms with van der Waals surface area (Å²) in [6, 6.07) is 4.63. The van der Waals surface area contributed by atoms with Crippen LogP contribution in [-0.4, -0.2) is 19.5 Å². The number of carboxylic acid groups (broad SMARTS) is 1. The van der Waals surface area contributed by atoms with Gasteiger partial charge in [0.25, 0.3) is 10.0 Å². The summed E-state index contributed by atoms with van der Waals surface area (Å²) in [6.07, 6.45) is 0. The molecule has 1 aromatic carbocycles. The van der Waals surface area contributed by atoms with Crippen LogP contribution in [0.1, 0.15) is 15.2 Å². The Morgan fingerprint density at radius 2 is 2.00 bits per heavy atom. The highest BCUT2D eigenvalue weighted by Crippen LogP contribution is 2.32. The number of halogens is 2. The van der Waals surface area contributed by atoms with Crippen molar-refractivity contribution in [3.05, 3.63) is 43.0 Å². The first kappa shape index (κ1) is 16.5. The van der Waals surface area contributed by atoms with Crippen LogP contribution < -0.4 is 4.72 Å². The third kappa shape index (κ3) is 3.47. The van der Waals surface area contributed by atoms with E-state index in [0.29, 0.717) is 10.0 Å². The molecular weight excluding hydrogens is 446 g/mol. The maximum absolute atomic E-state index is 12.4. The molecule has 1 aromatic heterocycles. The van der Waals surface area contributed by atoms with E-state index in [2.05, 4.69) is 36.6 Å². The van der Waals surface area contributed by atoms with E-state index in [4.69, 9.17) is 5.11 Å². The molecule has 0 aliphatic heterocycles. The van der Waals surface area contributed by atoms with E-state index in [1.165, 1.54) is 6.07 Å². The van der Waals surface area contributed by atoms with Crippen molar-refractivity contribution in [3.63, 3.8) is 0 Å². The van der Waals surface area contributed by atoms with E-state index in [-0.39, 0.29) is 15.5 Å². The molecule has 0 unspecified atom stereocenters. The monoisotopic (exact) mass is 453 g/mol. The number of anilines is 1. The minimum Gasteiger partial charge on any atom is -0.477 e. The lowest BCUT2D eigenvalue weighted by atomic mass is 10.3. The first-order chi connectivity index (χ1) is 9.72. The molecule has 2 rings (SSSR count). The molecule has 21 heavy (non-hydrogen) atoms. The molecule has 0 amide bonds. The van der Waals surface area contributed by atoms with Crippen LogP contribution in [0.25, 0.3) is 0 Å². The molecular formula is C12H9Br2NO4S2. The van der Waals surface area contributed by atoms with E-state index in [1.807, 2.05) is 0 Å². The van der Waals surface area contributed by atoms with Gasteiger partial charge in [-0.3, -0.25) is 4.72 Å². The SMILES string of the molecule is Cc1csc(C(=O)O)c1NS(=O)(=O)c1ccc(Br)cc1Br. The fourth-order valence-corrected chi connectivity index (χ4v) is 5.41. The lowest BCUT2D eigenvalue weighted by Gasteiger charge is -2.10. The Morgan fingerprint density at radius 3 is 2.57 bits per heavy atom. The minimum atomic E-state index is -3.88. The Kier molecular flexibility index (Phi) is 4.76. The second kappa shape index (κ2) is 6.07. The molecule has 2 N–H and O–H groups in total. The van der Waals surface area contributed by atoms with Gasteiger partial charge in [0, 0.05) is 8.95 Å². The number of thiophene rings is 1. The van der Waals surface area contributed by atoms with Crippen LogP contribution in [0.4, 0.5) is 5.69 Å². The number of nitrogens with one attached hydrogen (secondary N) is 1. The fraction of sp³-hybridized carbons (Fsp3) is 0.0833. The summed E-state index contributed by atoms with van der Waals surface area (Å²) in [5.74, 6) is -1.17. The van der Waals surface area contributed by atoms with Crippen LogP contribution in [0.5, 0.6) is 0 Å². The lowest BCUT2D eigenvalue weighted by molar-refractivity contribution is 0.0703. The quantitative estimate of drug-likeness (QED) is 0.728. The highest BCUT2D eigenvalue weighted by molar-refractivity contribution is 9.11. The van der Waals surface area contributed by atoms with Gasteiger partial charge in [-0.05, 0) is 52.0 Å². The normalized spacial score (nSPS) is 11.4. The predicted molar refractivity (Wildman–Crippen MR) is 88.7 cm³/mol. The maximum Gasteiger partial charge on any atom is 0.348 e. The Balaban J connectivity index is 2.47. The molecule has 0 saturated carbocycles. The summed E-state index contributed by atoms with van der Waals surface area (Å²) in [5.41, 5.74) is 0.663. The molecule has 0 atom stereocenters. The smallest absolute Gasteiger partial charge is 0.348 e. The average Bonchev–Trinajstić information content (AvgIpc) is 2.70. The first-order valence-corrected chi connectivity index (χ1v) is 9.46. The number of sulfonamides is 1. The number of hydrogen-bond donors (Lipinski definition) is 2. The summed E-state index contributed by atoms with van der Waals surface area (Å²) in [5, 5.41) is 10.7. The van der Waals surface area contributed by atoms with Crippen LogP contribution in [0, 0.1) is 6.92 Å². The van der Waals surface area contributed by atoms with Crippen molar-refractivity contribution < 1.29 is 18.3 Å². The maximum atomic E-state index is 12.4. The van der Waals surface area contributed by atoms with Gasteiger partial charge in [0.2, 0.25) is 0 Å². The molecule has 0 aliphatic rings. The Morgan fingerprint density at radius 1 is 1.33 bits per heavy atom. The van der Waals surface area contributed by atoms with E-state index < -0.39 is 16.0 Å². The molecule has 0 aliphatic carbocycles. The Labute approximate surface area is 142 Å². The summed E-state index contributed by atoms with van der Waals surface area (Å²) in [4.78, 5) is 11.1. The van der Waals surface area contributed by atoms with Crippen LogP contribution in [-0.2, 0) is 10.0 Å². The standard InChI is InChI=1S/C12H9Br2NO4S2/c1-6-5-20-11(12(16)17)10(6)15-21(18,19)9-3-2-7(13)4-8(9)14/h2-5,15H,1H3,(H,16,17). The highest BCUT2D eigenvalue weighted by Gasteiger charge is 2.23. The molecule has 0 fully saturated rings. The molecule has 0 bridgehead atoms. The predicted octanol–water partition coefficient (Wildman–Crippen LogP) is 4.08. The van der Waals surface area contributed by atoms with Gasteiger partial charge in [-0.1, -0.05) is 15.9 Å². The van der Waals surface area contributed by atoms with Crippen molar-refractivity contribution in [3.8, 4) is 0 Å². The number of aryl methyl sites for hydroxylation is 1. The molecule has 2 aromatic rings. The summed E-state index contributed by atoms with van der Waals surface area (Å²) in [6.45, 7) is 1.65. The third-order valence-electron chi connectivity index (χ3n) is 2.59. The zero-order chi connectivity index (χ0) is 15.8. The number of carboxylic acids is 1. The number of carbonyl (C=O) groups is 1. The van der Waals surface area contributed by atoms with Crippen LogP contribution in [0.3, 0.4) is 0 Å². The fourth-order valence-electron chi connectivity index (χ4n) is 1.61. The van der Waals surface area contributed by atoms with Gasteiger partial charge in [-0.25, -0.2) is 13.2 Å². The van der Waals surface area contributed by atoms with E-state index in [9.17, 15) is 13.2 Å². The summed E-state index contributed by atoms with van der Waals surface area (Å²) >= 11 is 7.42. The van der Waals surface area contributed by atoms with Crippen molar-refractivity contribution in [1.82, 2.24) is 0 Å². The second-order valence-corrected chi connectivity index (χ2v) is 8.41. The topological polar surface area (TPSA) is 83.5 Å². The number of benzene rings is 1. The molecule has 9 heteroatoms. The summed E-state index contributed by atoms with van der Waals surface area (Å²) < 4.78 is 28.3. The Hall–Kier alpha value is -0.900. The van der Waals surface area contributed by atoms with Crippen LogP contribution >= 0.6 is 43.2 Å². The second-order valence-electron chi connectivity index (χ2n) is 4.11. The van der Waals surface area contributed by atoms with Gasteiger partial charge in [0.05, 0.1) is 5.69 Å². The van der Waals surface area contributed by atoms with Crippen molar-refractivity contribution >= 4 is 64.9 Å². The zero-order valence-electron chi connectivity index (χ0n) is 10.6. The molecule has 0 radical (unpaired) electrons. The average molecular weight is 455 g/mol. The lowest BCUT2D eigenvalue weighted by Crippen LogP contribution is -2.15. The number of hydrogen-bond acceptors (Lipinski definition) is 4. The van der Waals surface area contributed by atoms with Gasteiger partial charge in [0.1, 0.15) is 9.77 Å². The van der Waals surface area contributed by atoms with E-state index in [0.717, 1.165) is 15.8 Å². The number of rotatable bonds is 4. The van der Waals surface area contributed by atoms with Crippen LogP contribution in [0.2, 0.25) is 0 Å². The van der Waals surface area contributed by atoms with Gasteiger partial charge >= 0.3 is 5.97 Å². The largest absolute Gasteiger partial charge is 0.477 e. The van der Waals surface area contributed by atoms with Gasteiger partial charge in [0.15, 0.2) is 0 Å². The van der Waals surface area contributed by atoms with E-state index in [1.54, 1.807) is 24.4 Å². The highest BCUT2D eigenvalue weighted by atomic mass is 79.9. The van der Waals surface area contributed by atoms with Crippen molar-refractivity contribution in [2.75, 3.05) is 4.72 Å². The molecule has 1 heterocycles. The minimum absolute atomic E-state index is 0.0349. The number of aromatic carboxylic acids is 1. The first-order valence-electron chi connectivity index (χ1n) is 5.51. The summed E-state index contributed by atoms with van der Waals surface area (Å²) in [7, 11) is -3.88. The zero-order valence-corrected chi connectivity index (χ0v) is 15.4. The molecule has 0 spiro atoms. The van der Waals surface area contributed by atoms with Gasteiger partial charge < -0.3 is 5.11 Å². The molecule has 5 nitrogen and oxygen atoms in total. The van der Waals surface area contributed by atoms with Gasteiger partial charge in [-0.15, -0.1) is 11.3 Å². The van der Waals surface area contributed by atoms with Crippen LogP contribution in [0.15, 0.2) is 37.4 Å². The Bertz CT molecular complexity index is 815. The van der Waals surface area contributed by atoms with Gasteiger partial charge in [-0.2, -0.15) is 0 Å². The molecule has 0 saturated heterocycles. The van der Waals surface area contributed by atoms with Crippen molar-refractivity contribution in [1.29, 1.82) is 0 Å². The molecule has 112 valence electrons.